The number of imidazole rings is 1. The third-order valence-electron chi connectivity index (χ3n) is 3.49. The zero-order chi connectivity index (χ0) is 13.8. The van der Waals surface area contributed by atoms with Gasteiger partial charge in [-0.05, 0) is 25.8 Å². The Kier molecular flexibility index (Phi) is 4.99. The lowest BCUT2D eigenvalue weighted by molar-refractivity contribution is 0.1000. The summed E-state index contributed by atoms with van der Waals surface area (Å²) >= 11 is 3.64. The number of nitrogens with zero attached hydrogens (tertiary/aromatic N) is 2. The van der Waals surface area contributed by atoms with Crippen LogP contribution in [0.3, 0.4) is 0 Å². The Morgan fingerprint density at radius 3 is 3.15 bits per heavy atom. The number of ether oxygens (including phenoxy) is 1. The number of rotatable bonds is 6. The van der Waals surface area contributed by atoms with E-state index in [4.69, 9.17) is 9.72 Å². The number of thioether (sulfide) groups is 1. The standard InChI is InChI=1S/C14H21N3OS2/c1-2-5-15-10-12-13(16-14-17(12)6-9-19-14)20-11-3-7-18-8-4-11/h6,9,11,15H,2-5,7-8,10H2,1H3. The van der Waals surface area contributed by atoms with Gasteiger partial charge in [0, 0.05) is 36.6 Å². The van der Waals surface area contributed by atoms with Gasteiger partial charge in [-0.2, -0.15) is 0 Å². The molecule has 6 heteroatoms. The topological polar surface area (TPSA) is 38.6 Å². The molecule has 0 atom stereocenters. The average molecular weight is 311 g/mol. The van der Waals surface area contributed by atoms with Gasteiger partial charge in [-0.3, -0.25) is 4.40 Å². The van der Waals surface area contributed by atoms with Crippen LogP contribution in [0.25, 0.3) is 4.96 Å². The molecule has 2 aromatic heterocycles. The molecule has 3 rings (SSSR count). The smallest absolute Gasteiger partial charge is 0.194 e. The first-order valence-electron chi connectivity index (χ1n) is 7.28. The molecule has 1 N–H and O–H groups in total. The summed E-state index contributed by atoms with van der Waals surface area (Å²) in [6.07, 6.45) is 5.56. The van der Waals surface area contributed by atoms with Crippen LogP contribution in [0.2, 0.25) is 0 Å². The Labute approximate surface area is 127 Å². The van der Waals surface area contributed by atoms with Crippen LogP contribution in [0.15, 0.2) is 16.6 Å². The number of aromatic nitrogens is 2. The molecule has 4 nitrogen and oxygen atoms in total. The maximum absolute atomic E-state index is 5.44. The van der Waals surface area contributed by atoms with Crippen LogP contribution < -0.4 is 5.32 Å². The number of hydrogen-bond acceptors (Lipinski definition) is 5. The zero-order valence-corrected chi connectivity index (χ0v) is 13.4. The van der Waals surface area contributed by atoms with Crippen LogP contribution in [0, 0.1) is 0 Å². The minimum absolute atomic E-state index is 0.651. The summed E-state index contributed by atoms with van der Waals surface area (Å²) in [4.78, 5) is 5.91. The van der Waals surface area contributed by atoms with Crippen LogP contribution in [0.5, 0.6) is 0 Å². The molecule has 1 aliphatic rings. The van der Waals surface area contributed by atoms with Crippen LogP contribution in [0.1, 0.15) is 31.9 Å². The van der Waals surface area contributed by atoms with E-state index >= 15 is 0 Å². The molecule has 110 valence electrons. The molecule has 0 spiro atoms. The van der Waals surface area contributed by atoms with E-state index in [-0.39, 0.29) is 0 Å². The number of hydrogen-bond donors (Lipinski definition) is 1. The second-order valence-electron chi connectivity index (χ2n) is 5.03. The van der Waals surface area contributed by atoms with E-state index in [2.05, 4.69) is 28.2 Å². The van der Waals surface area contributed by atoms with Crippen LogP contribution in [-0.2, 0) is 11.3 Å². The van der Waals surface area contributed by atoms with Crippen molar-refractivity contribution in [3.63, 3.8) is 0 Å². The van der Waals surface area contributed by atoms with E-state index in [1.807, 2.05) is 11.8 Å². The fraction of sp³-hybridized carbons (Fsp3) is 0.643. The monoisotopic (exact) mass is 311 g/mol. The fourth-order valence-electron chi connectivity index (χ4n) is 2.40. The first-order valence-corrected chi connectivity index (χ1v) is 9.04. The average Bonchev–Trinajstić information content (AvgIpc) is 3.03. The highest BCUT2D eigenvalue weighted by atomic mass is 32.2. The Balaban J connectivity index is 1.77. The fourth-order valence-corrected chi connectivity index (χ4v) is 4.38. The van der Waals surface area contributed by atoms with Crippen molar-refractivity contribution < 1.29 is 4.74 Å². The van der Waals surface area contributed by atoms with Gasteiger partial charge in [-0.15, -0.1) is 23.1 Å². The Morgan fingerprint density at radius 2 is 2.35 bits per heavy atom. The summed E-state index contributed by atoms with van der Waals surface area (Å²) in [5.41, 5.74) is 1.31. The largest absolute Gasteiger partial charge is 0.381 e. The summed E-state index contributed by atoms with van der Waals surface area (Å²) in [7, 11) is 0. The Bertz CT molecular complexity index is 546. The molecule has 0 unspecified atom stereocenters. The first kappa shape index (κ1) is 14.4. The van der Waals surface area contributed by atoms with E-state index in [0.717, 1.165) is 50.5 Å². The van der Waals surface area contributed by atoms with Crippen molar-refractivity contribution in [2.24, 2.45) is 0 Å². The molecule has 0 aliphatic carbocycles. The first-order chi connectivity index (χ1) is 9.88. The SMILES string of the molecule is CCCNCc1c(SC2CCOCC2)nc2sccn12. The van der Waals surface area contributed by atoms with Crippen molar-refractivity contribution in [1.29, 1.82) is 0 Å². The van der Waals surface area contributed by atoms with Gasteiger partial charge in [0.15, 0.2) is 4.96 Å². The van der Waals surface area contributed by atoms with E-state index in [9.17, 15) is 0 Å². The number of thiazole rings is 1. The highest BCUT2D eigenvalue weighted by molar-refractivity contribution is 7.99. The second kappa shape index (κ2) is 6.93. The maximum Gasteiger partial charge on any atom is 0.194 e. The minimum Gasteiger partial charge on any atom is -0.381 e. The molecular weight excluding hydrogens is 290 g/mol. The van der Waals surface area contributed by atoms with E-state index < -0.39 is 0 Å². The summed E-state index contributed by atoms with van der Waals surface area (Å²) in [5, 5.41) is 7.46. The Hall–Kier alpha value is -0.560. The van der Waals surface area contributed by atoms with Gasteiger partial charge >= 0.3 is 0 Å². The van der Waals surface area contributed by atoms with Gasteiger partial charge in [0.05, 0.1) is 5.69 Å². The van der Waals surface area contributed by atoms with Gasteiger partial charge in [-0.1, -0.05) is 6.92 Å². The minimum atomic E-state index is 0.651. The highest BCUT2D eigenvalue weighted by Crippen LogP contribution is 2.33. The van der Waals surface area contributed by atoms with Crippen molar-refractivity contribution in [3.05, 3.63) is 17.3 Å². The summed E-state index contributed by atoms with van der Waals surface area (Å²) in [6.45, 7) is 5.93. The van der Waals surface area contributed by atoms with Crippen LogP contribution >= 0.6 is 23.1 Å². The van der Waals surface area contributed by atoms with Crippen LogP contribution in [0.4, 0.5) is 0 Å². The third-order valence-corrected chi connectivity index (χ3v) is 5.60. The molecule has 0 amide bonds. The molecule has 1 aliphatic heterocycles. The summed E-state index contributed by atoms with van der Waals surface area (Å²) in [5.74, 6) is 0. The quantitative estimate of drug-likeness (QED) is 0.832. The van der Waals surface area contributed by atoms with E-state index in [1.165, 1.54) is 10.7 Å². The predicted molar refractivity (Wildman–Crippen MR) is 84.8 cm³/mol. The molecule has 0 bridgehead atoms. The summed E-state index contributed by atoms with van der Waals surface area (Å²) in [6, 6.07) is 0. The van der Waals surface area contributed by atoms with Crippen molar-refractivity contribution in [2.75, 3.05) is 19.8 Å². The molecule has 20 heavy (non-hydrogen) atoms. The molecular formula is C14H21N3OS2. The van der Waals surface area contributed by atoms with E-state index in [0.29, 0.717) is 5.25 Å². The van der Waals surface area contributed by atoms with Gasteiger partial charge in [-0.25, -0.2) is 4.98 Å². The van der Waals surface area contributed by atoms with Gasteiger partial charge in [0.1, 0.15) is 5.03 Å². The summed E-state index contributed by atoms with van der Waals surface area (Å²) < 4.78 is 7.67. The number of nitrogens with one attached hydrogen (secondary N) is 1. The lowest BCUT2D eigenvalue weighted by atomic mass is 10.2. The van der Waals surface area contributed by atoms with Gasteiger partial charge in [0.25, 0.3) is 0 Å². The highest BCUT2D eigenvalue weighted by Gasteiger charge is 2.20. The predicted octanol–water partition coefficient (Wildman–Crippen LogP) is 3.17. The lowest BCUT2D eigenvalue weighted by Crippen LogP contribution is -2.19. The normalized spacial score (nSPS) is 17.1. The molecule has 0 aromatic carbocycles. The Morgan fingerprint density at radius 1 is 1.50 bits per heavy atom. The van der Waals surface area contributed by atoms with E-state index in [1.54, 1.807) is 11.3 Å². The van der Waals surface area contributed by atoms with Crippen molar-refractivity contribution in [2.45, 2.75) is 43.0 Å². The molecule has 0 saturated carbocycles. The zero-order valence-electron chi connectivity index (χ0n) is 11.8. The molecule has 3 heterocycles. The molecule has 1 fully saturated rings. The van der Waals surface area contributed by atoms with Gasteiger partial charge in [0.2, 0.25) is 0 Å². The molecule has 2 aromatic rings. The number of fused-ring (bicyclic) bond motifs is 1. The second-order valence-corrected chi connectivity index (χ2v) is 7.19. The van der Waals surface area contributed by atoms with Crippen molar-refractivity contribution in [3.8, 4) is 0 Å². The van der Waals surface area contributed by atoms with Crippen molar-refractivity contribution >= 4 is 28.1 Å². The molecule has 0 radical (unpaired) electrons. The lowest BCUT2D eigenvalue weighted by Gasteiger charge is -2.21. The molecule has 1 saturated heterocycles. The van der Waals surface area contributed by atoms with Crippen LogP contribution in [-0.4, -0.2) is 34.4 Å². The van der Waals surface area contributed by atoms with Crippen molar-refractivity contribution in [1.82, 2.24) is 14.7 Å². The van der Waals surface area contributed by atoms with Gasteiger partial charge < -0.3 is 10.1 Å². The third kappa shape index (κ3) is 3.19. The maximum atomic E-state index is 5.44.